The summed E-state index contributed by atoms with van der Waals surface area (Å²) < 4.78 is 31.8. The van der Waals surface area contributed by atoms with Crippen LogP contribution in [0.1, 0.15) is 29.5 Å². The van der Waals surface area contributed by atoms with Gasteiger partial charge in [-0.2, -0.15) is 0 Å². The third-order valence-corrected chi connectivity index (χ3v) is 8.94. The molecule has 0 amide bonds. The maximum absolute atomic E-state index is 13.4. The fourth-order valence-electron chi connectivity index (χ4n) is 5.61. The number of H-pyrrole nitrogens is 1. The van der Waals surface area contributed by atoms with E-state index in [0.717, 1.165) is 41.5 Å². The van der Waals surface area contributed by atoms with E-state index in [4.69, 9.17) is 0 Å². The first-order valence-electron chi connectivity index (χ1n) is 12.4. The minimum Gasteiger partial charge on any atom is -0.361 e. The molecule has 0 saturated carbocycles. The van der Waals surface area contributed by atoms with E-state index in [9.17, 15) is 8.42 Å². The van der Waals surface area contributed by atoms with Gasteiger partial charge in [0.25, 0.3) is 0 Å². The quantitative estimate of drug-likeness (QED) is 0.325. The summed E-state index contributed by atoms with van der Waals surface area (Å²) in [6.07, 6.45) is 5.04. The molecular weight excluding hydrogens is 468 g/mol. The molecule has 7 heteroatoms. The second-order valence-electron chi connectivity index (χ2n) is 9.70. The highest BCUT2D eigenvalue weighted by atomic mass is 32.2. The number of nitrogens with one attached hydrogen (secondary N) is 2. The van der Waals surface area contributed by atoms with Crippen molar-refractivity contribution >= 4 is 31.8 Å². The highest BCUT2D eigenvalue weighted by Crippen LogP contribution is 2.36. The van der Waals surface area contributed by atoms with Crippen LogP contribution < -0.4 is 4.72 Å². The molecule has 184 valence electrons. The van der Waals surface area contributed by atoms with E-state index in [1.54, 1.807) is 12.1 Å². The zero-order chi connectivity index (χ0) is 24.7. The SMILES string of the molecule is Cn1cc([C@@H](CNS(=O)(=O)c2ccc3cc[nH]c3c2)N2CC[C@@H](c3ccccc3)C2)c2ccccc21. The Morgan fingerprint density at radius 3 is 2.69 bits per heavy atom. The number of fused-ring (bicyclic) bond motifs is 2. The average molecular weight is 499 g/mol. The number of para-hydroxylation sites is 1. The monoisotopic (exact) mass is 498 g/mol. The van der Waals surface area contributed by atoms with Crippen LogP contribution in [-0.2, 0) is 17.1 Å². The minimum absolute atomic E-state index is 0.0752. The van der Waals surface area contributed by atoms with Gasteiger partial charge in [0.15, 0.2) is 0 Å². The summed E-state index contributed by atoms with van der Waals surface area (Å²) in [5, 5.41) is 2.16. The van der Waals surface area contributed by atoms with Gasteiger partial charge in [-0.15, -0.1) is 0 Å². The van der Waals surface area contributed by atoms with Gasteiger partial charge in [-0.25, -0.2) is 13.1 Å². The molecule has 1 aliphatic heterocycles. The number of likely N-dealkylation sites (tertiary alicyclic amines) is 1. The van der Waals surface area contributed by atoms with Gasteiger partial charge in [0, 0.05) is 49.0 Å². The predicted octanol–water partition coefficient (Wildman–Crippen LogP) is 5.17. The first kappa shape index (κ1) is 23.0. The summed E-state index contributed by atoms with van der Waals surface area (Å²) >= 11 is 0. The van der Waals surface area contributed by atoms with Crippen molar-refractivity contribution in [2.45, 2.75) is 23.3 Å². The fraction of sp³-hybridized carbons (Fsp3) is 0.241. The maximum atomic E-state index is 13.4. The van der Waals surface area contributed by atoms with Crippen LogP contribution in [0.2, 0.25) is 0 Å². The van der Waals surface area contributed by atoms with Crippen LogP contribution in [0.4, 0.5) is 0 Å². The number of aromatic amines is 1. The smallest absolute Gasteiger partial charge is 0.240 e. The van der Waals surface area contributed by atoms with Gasteiger partial charge in [0.1, 0.15) is 0 Å². The topological polar surface area (TPSA) is 70.1 Å². The molecule has 3 heterocycles. The number of aryl methyl sites for hydroxylation is 1. The summed E-state index contributed by atoms with van der Waals surface area (Å²) in [4.78, 5) is 5.82. The first-order chi connectivity index (χ1) is 17.5. The maximum Gasteiger partial charge on any atom is 0.240 e. The first-order valence-corrected chi connectivity index (χ1v) is 13.9. The third kappa shape index (κ3) is 4.23. The number of hydrogen-bond donors (Lipinski definition) is 2. The highest BCUT2D eigenvalue weighted by molar-refractivity contribution is 7.89. The fourth-order valence-corrected chi connectivity index (χ4v) is 6.67. The van der Waals surface area contributed by atoms with E-state index in [2.05, 4.69) is 80.9 Å². The van der Waals surface area contributed by atoms with Crippen molar-refractivity contribution < 1.29 is 8.42 Å². The van der Waals surface area contributed by atoms with Crippen LogP contribution in [-0.4, -0.2) is 42.5 Å². The Kier molecular flexibility index (Phi) is 5.91. The number of benzene rings is 3. The zero-order valence-corrected chi connectivity index (χ0v) is 21.1. The summed E-state index contributed by atoms with van der Waals surface area (Å²) in [7, 11) is -1.63. The third-order valence-electron chi connectivity index (χ3n) is 7.52. The van der Waals surface area contributed by atoms with E-state index >= 15 is 0 Å². The molecule has 36 heavy (non-hydrogen) atoms. The molecule has 6 nitrogen and oxygen atoms in total. The summed E-state index contributed by atoms with van der Waals surface area (Å²) in [5.74, 6) is 0.440. The van der Waals surface area contributed by atoms with Crippen LogP contribution in [0.3, 0.4) is 0 Å². The number of nitrogens with zero attached hydrogens (tertiary/aromatic N) is 2. The van der Waals surface area contributed by atoms with Crippen LogP contribution >= 0.6 is 0 Å². The number of hydrogen-bond acceptors (Lipinski definition) is 3. The molecule has 0 radical (unpaired) electrons. The van der Waals surface area contributed by atoms with Crippen molar-refractivity contribution in [3.05, 3.63) is 102 Å². The largest absolute Gasteiger partial charge is 0.361 e. The number of aromatic nitrogens is 2. The molecule has 2 aromatic heterocycles. The van der Waals surface area contributed by atoms with Gasteiger partial charge in [-0.05, 0) is 59.7 Å². The van der Waals surface area contributed by atoms with E-state index in [0.29, 0.717) is 12.5 Å². The molecule has 2 N–H and O–H groups in total. The van der Waals surface area contributed by atoms with Gasteiger partial charge in [-0.3, -0.25) is 4.90 Å². The van der Waals surface area contributed by atoms with Gasteiger partial charge in [0.2, 0.25) is 10.0 Å². The van der Waals surface area contributed by atoms with Crippen molar-refractivity contribution in [2.24, 2.45) is 7.05 Å². The molecule has 3 aromatic carbocycles. The molecule has 5 aromatic rings. The van der Waals surface area contributed by atoms with Crippen molar-refractivity contribution in [3.63, 3.8) is 0 Å². The van der Waals surface area contributed by atoms with Crippen LogP contribution in [0.25, 0.3) is 21.8 Å². The molecular formula is C29H30N4O2S. The molecule has 0 spiro atoms. The molecule has 0 bridgehead atoms. The standard InChI is InChI=1S/C29H30N4O2S/c1-32-20-26(25-9-5-6-10-28(25)32)29(33-16-14-23(19-33)21-7-3-2-4-8-21)18-31-36(34,35)24-12-11-22-13-15-30-27(22)17-24/h2-13,15,17,20,23,29-31H,14,16,18-19H2,1H3/t23-,29-/m1/s1. The lowest BCUT2D eigenvalue weighted by Crippen LogP contribution is -2.37. The van der Waals surface area contributed by atoms with Crippen molar-refractivity contribution in [1.82, 2.24) is 19.2 Å². The zero-order valence-electron chi connectivity index (χ0n) is 20.3. The van der Waals surface area contributed by atoms with Gasteiger partial charge < -0.3 is 9.55 Å². The average Bonchev–Trinajstić information content (AvgIpc) is 3.64. The lowest BCUT2D eigenvalue weighted by Gasteiger charge is -2.28. The lowest BCUT2D eigenvalue weighted by atomic mass is 9.98. The van der Waals surface area contributed by atoms with E-state index < -0.39 is 10.0 Å². The van der Waals surface area contributed by atoms with Crippen molar-refractivity contribution in [2.75, 3.05) is 19.6 Å². The Labute approximate surface area is 211 Å². The molecule has 2 atom stereocenters. The van der Waals surface area contributed by atoms with Crippen molar-refractivity contribution in [3.8, 4) is 0 Å². The van der Waals surface area contributed by atoms with Crippen molar-refractivity contribution in [1.29, 1.82) is 0 Å². The Morgan fingerprint density at radius 2 is 1.83 bits per heavy atom. The lowest BCUT2D eigenvalue weighted by molar-refractivity contribution is 0.244. The summed E-state index contributed by atoms with van der Waals surface area (Å²) in [6, 6.07) is 26.0. The van der Waals surface area contributed by atoms with Gasteiger partial charge in [0.05, 0.1) is 10.9 Å². The second kappa shape index (κ2) is 9.24. The molecule has 0 aliphatic carbocycles. The molecule has 1 fully saturated rings. The molecule has 6 rings (SSSR count). The van der Waals surface area contributed by atoms with E-state index in [1.165, 1.54) is 10.9 Å². The van der Waals surface area contributed by atoms with E-state index in [1.807, 2.05) is 24.4 Å². The Hall–Kier alpha value is -3.39. The van der Waals surface area contributed by atoms with Gasteiger partial charge >= 0.3 is 0 Å². The van der Waals surface area contributed by atoms with Crippen LogP contribution in [0.15, 0.2) is 96.2 Å². The Bertz CT molecular complexity index is 1620. The minimum atomic E-state index is -3.68. The predicted molar refractivity (Wildman–Crippen MR) is 145 cm³/mol. The number of sulfonamides is 1. The van der Waals surface area contributed by atoms with Crippen LogP contribution in [0.5, 0.6) is 0 Å². The molecule has 1 aliphatic rings. The van der Waals surface area contributed by atoms with Gasteiger partial charge in [-0.1, -0.05) is 54.6 Å². The molecule has 0 unspecified atom stereocenters. The molecule has 1 saturated heterocycles. The van der Waals surface area contributed by atoms with Crippen LogP contribution in [0, 0.1) is 0 Å². The summed E-state index contributed by atoms with van der Waals surface area (Å²) in [6.45, 7) is 2.12. The number of rotatable bonds is 7. The Morgan fingerprint density at radius 1 is 1.03 bits per heavy atom. The van der Waals surface area contributed by atoms with E-state index in [-0.39, 0.29) is 10.9 Å². The summed E-state index contributed by atoms with van der Waals surface area (Å²) in [5.41, 5.74) is 4.46. The normalized spacial score (nSPS) is 17.8. The second-order valence-corrected chi connectivity index (χ2v) is 11.5. The highest BCUT2D eigenvalue weighted by Gasteiger charge is 2.32. The Balaban J connectivity index is 1.32.